The molecule has 0 aromatic heterocycles. The SMILES string of the molecule is CC(C)CN1C(=O)c2ccc(NC(=O)NCC(=O)O)cc2C1=O. The quantitative estimate of drug-likeness (QED) is 0.704. The number of anilines is 1. The maximum absolute atomic E-state index is 12.3. The molecule has 8 heteroatoms. The maximum Gasteiger partial charge on any atom is 0.323 e. The molecule has 0 aliphatic carbocycles. The minimum absolute atomic E-state index is 0.150. The number of nitrogens with one attached hydrogen (secondary N) is 2. The molecule has 3 N–H and O–H groups in total. The van der Waals surface area contributed by atoms with Crippen LogP contribution in [-0.4, -0.2) is 46.9 Å². The normalized spacial score (nSPS) is 13.3. The van der Waals surface area contributed by atoms with Gasteiger partial charge in [0.15, 0.2) is 0 Å². The van der Waals surface area contributed by atoms with Gasteiger partial charge in [0.05, 0.1) is 11.1 Å². The summed E-state index contributed by atoms with van der Waals surface area (Å²) in [5, 5.41) is 13.1. The van der Waals surface area contributed by atoms with Crippen molar-refractivity contribution in [2.75, 3.05) is 18.4 Å². The highest BCUT2D eigenvalue weighted by Crippen LogP contribution is 2.26. The Balaban J connectivity index is 2.14. The zero-order valence-electron chi connectivity index (χ0n) is 12.8. The predicted octanol–water partition coefficient (Wildman–Crippen LogP) is 1.14. The molecule has 0 radical (unpaired) electrons. The summed E-state index contributed by atoms with van der Waals surface area (Å²) in [4.78, 5) is 47.6. The number of urea groups is 1. The van der Waals surface area contributed by atoms with Gasteiger partial charge in [0.2, 0.25) is 0 Å². The van der Waals surface area contributed by atoms with Gasteiger partial charge < -0.3 is 15.7 Å². The van der Waals surface area contributed by atoms with Crippen molar-refractivity contribution in [1.29, 1.82) is 0 Å². The Kier molecular flexibility index (Phi) is 4.63. The van der Waals surface area contributed by atoms with Gasteiger partial charge in [-0.05, 0) is 24.1 Å². The molecule has 1 aliphatic rings. The van der Waals surface area contributed by atoms with Crippen LogP contribution < -0.4 is 10.6 Å². The number of carboxylic acid groups (broad SMARTS) is 1. The Morgan fingerprint density at radius 2 is 1.83 bits per heavy atom. The first kappa shape index (κ1) is 16.5. The van der Waals surface area contributed by atoms with Gasteiger partial charge >= 0.3 is 12.0 Å². The van der Waals surface area contributed by atoms with E-state index in [4.69, 9.17) is 5.11 Å². The van der Waals surface area contributed by atoms with Crippen molar-refractivity contribution >= 4 is 29.5 Å². The summed E-state index contributed by atoms with van der Waals surface area (Å²) in [5.74, 6) is -1.76. The zero-order valence-corrected chi connectivity index (χ0v) is 12.8. The number of carbonyl (C=O) groups is 4. The molecule has 1 heterocycles. The highest BCUT2D eigenvalue weighted by molar-refractivity contribution is 6.21. The largest absolute Gasteiger partial charge is 0.480 e. The lowest BCUT2D eigenvalue weighted by Crippen LogP contribution is -2.33. The number of hydrogen-bond donors (Lipinski definition) is 3. The second-order valence-corrected chi connectivity index (χ2v) is 5.58. The van der Waals surface area contributed by atoms with E-state index >= 15 is 0 Å². The fourth-order valence-electron chi connectivity index (χ4n) is 2.23. The van der Waals surface area contributed by atoms with E-state index in [9.17, 15) is 19.2 Å². The van der Waals surface area contributed by atoms with Crippen LogP contribution >= 0.6 is 0 Å². The van der Waals surface area contributed by atoms with Gasteiger partial charge in [0.25, 0.3) is 11.8 Å². The summed E-state index contributed by atoms with van der Waals surface area (Å²) in [5.41, 5.74) is 0.831. The third kappa shape index (κ3) is 3.65. The molecule has 1 aromatic rings. The highest BCUT2D eigenvalue weighted by Gasteiger charge is 2.35. The third-order valence-corrected chi connectivity index (χ3v) is 3.18. The molecule has 23 heavy (non-hydrogen) atoms. The van der Waals surface area contributed by atoms with Crippen molar-refractivity contribution in [3.63, 3.8) is 0 Å². The van der Waals surface area contributed by atoms with Crippen LogP contribution in [0.15, 0.2) is 18.2 Å². The predicted molar refractivity (Wildman–Crippen MR) is 81.3 cm³/mol. The van der Waals surface area contributed by atoms with Crippen molar-refractivity contribution in [3.8, 4) is 0 Å². The Bertz CT molecular complexity index is 684. The van der Waals surface area contributed by atoms with E-state index in [-0.39, 0.29) is 17.4 Å². The van der Waals surface area contributed by atoms with E-state index in [0.29, 0.717) is 17.8 Å². The van der Waals surface area contributed by atoms with Crippen LogP contribution in [0, 0.1) is 5.92 Å². The summed E-state index contributed by atoms with van der Waals surface area (Å²) < 4.78 is 0. The van der Waals surface area contributed by atoms with Crippen molar-refractivity contribution in [2.24, 2.45) is 5.92 Å². The summed E-state index contributed by atoms with van der Waals surface area (Å²) in [7, 11) is 0. The number of imide groups is 1. The molecule has 8 nitrogen and oxygen atoms in total. The third-order valence-electron chi connectivity index (χ3n) is 3.18. The molecule has 1 aromatic carbocycles. The fraction of sp³-hybridized carbons (Fsp3) is 0.333. The van der Waals surface area contributed by atoms with Crippen LogP contribution in [0.4, 0.5) is 10.5 Å². The summed E-state index contributed by atoms with van der Waals surface area (Å²) in [6, 6.07) is 3.67. The van der Waals surface area contributed by atoms with Crippen molar-refractivity contribution < 1.29 is 24.3 Å². The smallest absolute Gasteiger partial charge is 0.323 e. The van der Waals surface area contributed by atoms with Crippen molar-refractivity contribution in [1.82, 2.24) is 10.2 Å². The lowest BCUT2D eigenvalue weighted by Gasteiger charge is -2.15. The van der Waals surface area contributed by atoms with Crippen molar-refractivity contribution in [2.45, 2.75) is 13.8 Å². The molecular formula is C15H17N3O5. The molecular weight excluding hydrogens is 302 g/mol. The first-order valence-electron chi connectivity index (χ1n) is 7.06. The van der Waals surface area contributed by atoms with Crippen LogP contribution in [0.1, 0.15) is 34.6 Å². The minimum atomic E-state index is -1.17. The van der Waals surface area contributed by atoms with Gasteiger partial charge in [-0.15, -0.1) is 0 Å². The second kappa shape index (κ2) is 6.47. The van der Waals surface area contributed by atoms with Crippen molar-refractivity contribution in [3.05, 3.63) is 29.3 Å². The molecule has 0 atom stereocenters. The highest BCUT2D eigenvalue weighted by atomic mass is 16.4. The number of carbonyl (C=O) groups excluding carboxylic acids is 3. The summed E-state index contributed by atoms with van der Waals surface area (Å²) in [6.45, 7) is 3.62. The first-order valence-corrected chi connectivity index (χ1v) is 7.06. The van der Waals surface area contributed by atoms with Gasteiger partial charge in [0, 0.05) is 12.2 Å². The van der Waals surface area contributed by atoms with E-state index in [2.05, 4.69) is 10.6 Å². The Morgan fingerprint density at radius 1 is 1.17 bits per heavy atom. The van der Waals surface area contributed by atoms with Gasteiger partial charge in [-0.2, -0.15) is 0 Å². The number of rotatable bonds is 5. The van der Waals surface area contributed by atoms with E-state index < -0.39 is 24.5 Å². The number of aliphatic carboxylic acids is 1. The number of benzene rings is 1. The lowest BCUT2D eigenvalue weighted by molar-refractivity contribution is -0.135. The lowest BCUT2D eigenvalue weighted by atomic mass is 10.1. The van der Waals surface area contributed by atoms with Gasteiger partial charge in [-0.1, -0.05) is 13.8 Å². The van der Waals surface area contributed by atoms with E-state index in [1.54, 1.807) is 0 Å². The standard InChI is InChI=1S/C15H17N3O5/c1-8(2)7-18-13(21)10-4-3-9(5-11(10)14(18)22)17-15(23)16-6-12(19)20/h3-5,8H,6-7H2,1-2H3,(H,19,20)(H2,16,17,23). The van der Waals surface area contributed by atoms with Crippen LogP contribution in [0.3, 0.4) is 0 Å². The topological polar surface area (TPSA) is 116 Å². The number of nitrogens with zero attached hydrogens (tertiary/aromatic N) is 1. The molecule has 0 spiro atoms. The van der Waals surface area contributed by atoms with Crippen LogP contribution in [0.25, 0.3) is 0 Å². The molecule has 2 rings (SSSR count). The molecule has 4 amide bonds. The number of hydrogen-bond acceptors (Lipinski definition) is 4. The average molecular weight is 319 g/mol. The number of amides is 4. The molecule has 0 saturated carbocycles. The molecule has 0 fully saturated rings. The van der Waals surface area contributed by atoms with E-state index in [1.165, 1.54) is 23.1 Å². The maximum atomic E-state index is 12.3. The van der Waals surface area contributed by atoms with Gasteiger partial charge in [-0.25, -0.2) is 4.79 Å². The molecule has 0 bridgehead atoms. The number of fused-ring (bicyclic) bond motifs is 1. The monoisotopic (exact) mass is 319 g/mol. The Morgan fingerprint density at radius 3 is 2.43 bits per heavy atom. The minimum Gasteiger partial charge on any atom is -0.480 e. The van der Waals surface area contributed by atoms with Crippen LogP contribution in [0.2, 0.25) is 0 Å². The molecule has 122 valence electrons. The summed E-state index contributed by atoms with van der Waals surface area (Å²) in [6.07, 6.45) is 0. The molecule has 0 saturated heterocycles. The fourth-order valence-corrected chi connectivity index (χ4v) is 2.23. The Hall–Kier alpha value is -2.90. The average Bonchev–Trinajstić information content (AvgIpc) is 2.70. The van der Waals surface area contributed by atoms with E-state index in [0.717, 1.165) is 0 Å². The first-order chi connectivity index (χ1) is 10.8. The van der Waals surface area contributed by atoms with Gasteiger partial charge in [0.1, 0.15) is 6.54 Å². The molecule has 1 aliphatic heterocycles. The summed E-state index contributed by atoms with van der Waals surface area (Å²) >= 11 is 0. The number of carboxylic acids is 1. The zero-order chi connectivity index (χ0) is 17.1. The Labute approximate surface area is 132 Å². The molecule has 0 unspecified atom stereocenters. The van der Waals surface area contributed by atoms with Crippen LogP contribution in [-0.2, 0) is 4.79 Å². The van der Waals surface area contributed by atoms with Crippen LogP contribution in [0.5, 0.6) is 0 Å². The van der Waals surface area contributed by atoms with Gasteiger partial charge in [-0.3, -0.25) is 19.3 Å². The van der Waals surface area contributed by atoms with E-state index in [1.807, 2.05) is 13.8 Å². The second-order valence-electron chi connectivity index (χ2n) is 5.58.